The number of Topliss-reactive ketones (excluding diaryl/α,β-unsaturated/α-hetero) is 1. The van der Waals surface area contributed by atoms with Crippen LogP contribution in [0.25, 0.3) is 27.6 Å². The number of fused-ring (bicyclic) bond motifs is 2. The van der Waals surface area contributed by atoms with E-state index >= 15 is 0 Å². The fourth-order valence-electron chi connectivity index (χ4n) is 6.63. The topological polar surface area (TPSA) is 61.3 Å². The van der Waals surface area contributed by atoms with Crippen LogP contribution < -0.4 is 4.74 Å². The SMILES string of the molecule is CCC(=O)C(OC(C)(C)C)c1c(C)nc2c(c1-c1ccc3c4c(ccnc14)CCO3)C1=C(CCCC1)CC2. The van der Waals surface area contributed by atoms with Crippen molar-refractivity contribution < 1.29 is 14.3 Å². The Morgan fingerprint density at radius 3 is 2.66 bits per heavy atom. The summed E-state index contributed by atoms with van der Waals surface area (Å²) in [5.41, 5.74) is 11.0. The lowest BCUT2D eigenvalue weighted by Gasteiger charge is -2.34. The summed E-state index contributed by atoms with van der Waals surface area (Å²) in [6, 6.07) is 6.36. The van der Waals surface area contributed by atoms with E-state index in [2.05, 4.69) is 18.2 Å². The number of rotatable bonds is 5. The molecule has 0 fully saturated rings. The standard InChI is InChI=1S/C33H38N2O3/c1-6-25(36)32(38-33(3,4)5)27-19(2)35-24-13-11-20-9-7-8-10-22(20)29(24)30(27)23-12-14-26-28-21(16-18-37-26)15-17-34-31(23)28/h12,14-15,17,32H,6-11,13,16,18H2,1-5H3. The molecule has 0 bridgehead atoms. The highest BCUT2D eigenvalue weighted by molar-refractivity contribution is 6.04. The number of aryl methyl sites for hydroxylation is 2. The molecule has 3 aliphatic rings. The van der Waals surface area contributed by atoms with Gasteiger partial charge in [-0.25, -0.2) is 0 Å². The first-order valence-corrected chi connectivity index (χ1v) is 14.3. The molecular weight excluding hydrogens is 472 g/mol. The minimum absolute atomic E-state index is 0.0821. The molecule has 3 aromatic rings. The number of carbonyl (C=O) groups is 1. The lowest BCUT2D eigenvalue weighted by atomic mass is 9.75. The minimum atomic E-state index is -0.690. The molecular formula is C33H38N2O3. The Hall–Kier alpha value is -3.05. The van der Waals surface area contributed by atoms with Gasteiger partial charge in [-0.3, -0.25) is 14.8 Å². The molecule has 1 atom stereocenters. The number of allylic oxidation sites excluding steroid dienone is 2. The number of nitrogens with zero attached hydrogens (tertiary/aromatic N) is 2. The third-order valence-electron chi connectivity index (χ3n) is 8.26. The van der Waals surface area contributed by atoms with E-state index in [1.807, 2.05) is 40.8 Å². The molecule has 0 radical (unpaired) electrons. The molecule has 0 saturated carbocycles. The maximum absolute atomic E-state index is 13.6. The fraction of sp³-hybridized carbons (Fsp3) is 0.485. The van der Waals surface area contributed by atoms with Gasteiger partial charge in [-0.15, -0.1) is 0 Å². The van der Waals surface area contributed by atoms with Crippen molar-refractivity contribution in [3.05, 3.63) is 58.0 Å². The van der Waals surface area contributed by atoms with Crippen LogP contribution in [0.15, 0.2) is 30.0 Å². The van der Waals surface area contributed by atoms with Crippen molar-refractivity contribution in [2.75, 3.05) is 6.61 Å². The Bertz CT molecular complexity index is 1470. The third kappa shape index (κ3) is 4.25. The number of aromatic nitrogens is 2. The Kier molecular flexibility index (Phi) is 6.38. The zero-order chi connectivity index (χ0) is 26.6. The van der Waals surface area contributed by atoms with Gasteiger partial charge in [0.1, 0.15) is 11.9 Å². The summed E-state index contributed by atoms with van der Waals surface area (Å²) in [6.07, 6.45) is 9.17. The summed E-state index contributed by atoms with van der Waals surface area (Å²) >= 11 is 0. The summed E-state index contributed by atoms with van der Waals surface area (Å²) in [6.45, 7) is 10.7. The van der Waals surface area contributed by atoms with E-state index in [1.165, 1.54) is 29.5 Å². The van der Waals surface area contributed by atoms with Crippen molar-refractivity contribution in [2.45, 2.75) is 97.7 Å². The maximum Gasteiger partial charge on any atom is 0.165 e. The summed E-state index contributed by atoms with van der Waals surface area (Å²) < 4.78 is 12.7. The maximum atomic E-state index is 13.6. The summed E-state index contributed by atoms with van der Waals surface area (Å²) in [5, 5.41) is 1.09. The Morgan fingerprint density at radius 2 is 1.87 bits per heavy atom. The molecule has 2 aromatic heterocycles. The van der Waals surface area contributed by atoms with Crippen molar-refractivity contribution in [3.8, 4) is 16.9 Å². The van der Waals surface area contributed by atoms with E-state index in [0.29, 0.717) is 13.0 Å². The summed E-state index contributed by atoms with van der Waals surface area (Å²) in [5.74, 6) is 0.975. The predicted molar refractivity (Wildman–Crippen MR) is 151 cm³/mol. The number of pyridine rings is 2. The van der Waals surface area contributed by atoms with E-state index in [1.54, 1.807) is 5.57 Å². The minimum Gasteiger partial charge on any atom is -0.493 e. The molecule has 1 unspecified atom stereocenters. The van der Waals surface area contributed by atoms with Gasteiger partial charge in [0.25, 0.3) is 0 Å². The zero-order valence-corrected chi connectivity index (χ0v) is 23.4. The van der Waals surface area contributed by atoms with Gasteiger partial charge in [0.2, 0.25) is 0 Å². The van der Waals surface area contributed by atoms with Gasteiger partial charge in [-0.1, -0.05) is 12.5 Å². The number of ketones is 1. The molecule has 1 aromatic carbocycles. The van der Waals surface area contributed by atoms with Crippen LogP contribution in [0.3, 0.4) is 0 Å². The molecule has 198 valence electrons. The number of carbonyl (C=O) groups excluding carboxylic acids is 1. The fourth-order valence-corrected chi connectivity index (χ4v) is 6.63. The highest BCUT2D eigenvalue weighted by atomic mass is 16.5. The smallest absolute Gasteiger partial charge is 0.165 e. The second kappa shape index (κ2) is 9.60. The van der Waals surface area contributed by atoms with E-state index < -0.39 is 11.7 Å². The normalized spacial score (nSPS) is 17.6. The van der Waals surface area contributed by atoms with Gasteiger partial charge in [0.05, 0.1) is 17.7 Å². The number of hydrogen-bond donors (Lipinski definition) is 0. The highest BCUT2D eigenvalue weighted by Crippen LogP contribution is 2.50. The van der Waals surface area contributed by atoms with E-state index in [4.69, 9.17) is 19.4 Å². The van der Waals surface area contributed by atoms with Gasteiger partial charge >= 0.3 is 0 Å². The van der Waals surface area contributed by atoms with Crippen LogP contribution in [0.5, 0.6) is 5.75 Å². The lowest BCUT2D eigenvalue weighted by molar-refractivity contribution is -0.140. The van der Waals surface area contributed by atoms with Gasteiger partial charge in [0.15, 0.2) is 5.78 Å². The van der Waals surface area contributed by atoms with Crippen molar-refractivity contribution in [3.63, 3.8) is 0 Å². The first-order chi connectivity index (χ1) is 18.3. The van der Waals surface area contributed by atoms with Crippen molar-refractivity contribution in [2.24, 2.45) is 0 Å². The van der Waals surface area contributed by atoms with Gasteiger partial charge in [-0.05, 0) is 95.6 Å². The van der Waals surface area contributed by atoms with Crippen molar-refractivity contribution in [1.29, 1.82) is 0 Å². The van der Waals surface area contributed by atoms with Crippen LogP contribution in [-0.4, -0.2) is 28.0 Å². The van der Waals surface area contributed by atoms with Crippen LogP contribution in [0, 0.1) is 6.92 Å². The van der Waals surface area contributed by atoms with Crippen LogP contribution in [-0.2, 0) is 22.4 Å². The molecule has 2 aliphatic carbocycles. The Morgan fingerprint density at radius 1 is 1.05 bits per heavy atom. The van der Waals surface area contributed by atoms with Crippen LogP contribution in [0.1, 0.15) is 100 Å². The molecule has 0 saturated heterocycles. The van der Waals surface area contributed by atoms with Gasteiger partial charge in [-0.2, -0.15) is 0 Å². The number of hydrogen-bond acceptors (Lipinski definition) is 5. The van der Waals surface area contributed by atoms with E-state index in [-0.39, 0.29) is 5.78 Å². The monoisotopic (exact) mass is 510 g/mol. The molecule has 3 heterocycles. The molecule has 5 heteroatoms. The molecule has 5 nitrogen and oxygen atoms in total. The largest absolute Gasteiger partial charge is 0.493 e. The van der Waals surface area contributed by atoms with Crippen molar-refractivity contribution in [1.82, 2.24) is 9.97 Å². The van der Waals surface area contributed by atoms with E-state index in [9.17, 15) is 4.79 Å². The third-order valence-corrected chi connectivity index (χ3v) is 8.26. The van der Waals surface area contributed by atoms with Gasteiger partial charge < -0.3 is 9.47 Å². The highest BCUT2D eigenvalue weighted by Gasteiger charge is 2.36. The molecule has 1 aliphatic heterocycles. The zero-order valence-electron chi connectivity index (χ0n) is 23.4. The lowest BCUT2D eigenvalue weighted by Crippen LogP contribution is -2.29. The molecule has 38 heavy (non-hydrogen) atoms. The number of benzene rings is 1. The van der Waals surface area contributed by atoms with Gasteiger partial charge in [0, 0.05) is 58.1 Å². The van der Waals surface area contributed by atoms with Crippen LogP contribution >= 0.6 is 0 Å². The molecule has 0 N–H and O–H groups in total. The van der Waals surface area contributed by atoms with Crippen molar-refractivity contribution >= 4 is 22.3 Å². The average Bonchev–Trinajstić information content (AvgIpc) is 2.91. The second-order valence-electron chi connectivity index (χ2n) is 11.9. The second-order valence-corrected chi connectivity index (χ2v) is 11.9. The molecule has 0 amide bonds. The summed E-state index contributed by atoms with van der Waals surface area (Å²) in [7, 11) is 0. The predicted octanol–water partition coefficient (Wildman–Crippen LogP) is 7.65. The molecule has 6 rings (SSSR count). The number of ether oxygens (including phenoxy) is 2. The Labute approximate surface area is 225 Å². The Balaban J connectivity index is 1.73. The first-order valence-electron chi connectivity index (χ1n) is 14.3. The average molecular weight is 511 g/mol. The van der Waals surface area contributed by atoms with Crippen LogP contribution in [0.4, 0.5) is 0 Å². The van der Waals surface area contributed by atoms with Crippen LogP contribution in [0.2, 0.25) is 0 Å². The summed E-state index contributed by atoms with van der Waals surface area (Å²) in [4.78, 5) is 23.7. The van der Waals surface area contributed by atoms with E-state index in [0.717, 1.165) is 76.8 Å². The first kappa shape index (κ1) is 25.2. The quantitative estimate of drug-likeness (QED) is 0.353. The molecule has 0 spiro atoms.